The average Bonchev–Trinajstić information content (AvgIpc) is 2.29. The highest BCUT2D eigenvalue weighted by Gasteiger charge is 2.00. The molecule has 0 aliphatic rings. The second-order valence-corrected chi connectivity index (χ2v) is 4.36. The highest BCUT2D eigenvalue weighted by Crippen LogP contribution is 2.16. The quantitative estimate of drug-likeness (QED) is 0.544. The van der Waals surface area contributed by atoms with Crippen LogP contribution in [0.5, 0.6) is 0 Å². The van der Waals surface area contributed by atoms with Crippen molar-refractivity contribution < 1.29 is 0 Å². The molecular formula is C12H16N2S. The number of hydrogen-bond acceptors (Lipinski definition) is 3. The monoisotopic (exact) mass is 220 g/mol. The highest BCUT2D eigenvalue weighted by molar-refractivity contribution is 7.99. The fourth-order valence-corrected chi connectivity index (χ4v) is 2.19. The van der Waals surface area contributed by atoms with Crippen molar-refractivity contribution in [2.24, 2.45) is 0 Å². The second kappa shape index (κ2) is 7.33. The average molecular weight is 220 g/mol. The van der Waals surface area contributed by atoms with E-state index < -0.39 is 0 Å². The van der Waals surface area contributed by atoms with Crippen LogP contribution in [0, 0.1) is 11.3 Å². The van der Waals surface area contributed by atoms with E-state index in [1.54, 1.807) is 0 Å². The maximum Gasteiger partial charge on any atom is 0.0866 e. The van der Waals surface area contributed by atoms with E-state index in [2.05, 4.69) is 42.2 Å². The lowest BCUT2D eigenvalue weighted by Crippen LogP contribution is -2.26. The summed E-state index contributed by atoms with van der Waals surface area (Å²) in [6.45, 7) is 4.54. The lowest BCUT2D eigenvalue weighted by atomic mass is 10.4. The lowest BCUT2D eigenvalue weighted by molar-refractivity contribution is 0.344. The van der Waals surface area contributed by atoms with Crippen molar-refractivity contribution in [2.45, 2.75) is 11.8 Å². The molecule has 1 aromatic carbocycles. The Morgan fingerprint density at radius 1 is 1.33 bits per heavy atom. The predicted octanol–water partition coefficient (Wildman–Crippen LogP) is 2.62. The third-order valence-electron chi connectivity index (χ3n) is 2.16. The van der Waals surface area contributed by atoms with Gasteiger partial charge in [0.25, 0.3) is 0 Å². The first-order chi connectivity index (χ1) is 7.36. The third-order valence-corrected chi connectivity index (χ3v) is 3.15. The van der Waals surface area contributed by atoms with Gasteiger partial charge in [0.2, 0.25) is 0 Å². The van der Waals surface area contributed by atoms with Gasteiger partial charge < -0.3 is 0 Å². The molecule has 3 heteroatoms. The molecule has 0 bridgehead atoms. The molecule has 0 aliphatic heterocycles. The molecule has 0 amide bonds. The van der Waals surface area contributed by atoms with Gasteiger partial charge in [-0.2, -0.15) is 5.26 Å². The van der Waals surface area contributed by atoms with Crippen LogP contribution in [0.3, 0.4) is 0 Å². The number of rotatable bonds is 6. The molecule has 0 N–H and O–H groups in total. The van der Waals surface area contributed by atoms with E-state index in [-0.39, 0.29) is 0 Å². The van der Waals surface area contributed by atoms with Crippen LogP contribution in [0.4, 0.5) is 0 Å². The number of hydrogen-bond donors (Lipinski definition) is 0. The van der Waals surface area contributed by atoms with E-state index >= 15 is 0 Å². The first kappa shape index (κ1) is 12.1. The molecule has 80 valence electrons. The van der Waals surface area contributed by atoms with E-state index in [0.717, 1.165) is 18.8 Å². The van der Waals surface area contributed by atoms with Crippen molar-refractivity contribution >= 4 is 11.8 Å². The molecule has 1 aromatic rings. The van der Waals surface area contributed by atoms with Gasteiger partial charge in [-0.25, -0.2) is 0 Å². The Morgan fingerprint density at radius 3 is 2.67 bits per heavy atom. The first-order valence-electron chi connectivity index (χ1n) is 5.14. The predicted molar refractivity (Wildman–Crippen MR) is 64.9 cm³/mol. The highest BCUT2D eigenvalue weighted by atomic mass is 32.2. The summed E-state index contributed by atoms with van der Waals surface area (Å²) in [7, 11) is 0. The fraction of sp³-hybridized carbons (Fsp3) is 0.417. The van der Waals surface area contributed by atoms with Crippen molar-refractivity contribution in [3.05, 3.63) is 30.3 Å². The third kappa shape index (κ3) is 4.87. The van der Waals surface area contributed by atoms with Crippen LogP contribution in [0.2, 0.25) is 0 Å². The van der Waals surface area contributed by atoms with Crippen molar-refractivity contribution in [1.29, 1.82) is 5.26 Å². The molecular weight excluding hydrogens is 204 g/mol. The summed E-state index contributed by atoms with van der Waals surface area (Å²) in [5.41, 5.74) is 0. The van der Waals surface area contributed by atoms with Gasteiger partial charge in [-0.1, -0.05) is 25.1 Å². The Bertz CT molecular complexity index is 305. The number of nitriles is 1. The minimum Gasteiger partial charge on any atom is -0.290 e. The topological polar surface area (TPSA) is 27.0 Å². The smallest absolute Gasteiger partial charge is 0.0866 e. The van der Waals surface area contributed by atoms with Gasteiger partial charge in [-0.3, -0.25) is 4.90 Å². The van der Waals surface area contributed by atoms with Gasteiger partial charge in [0, 0.05) is 17.2 Å². The largest absolute Gasteiger partial charge is 0.290 e. The summed E-state index contributed by atoms with van der Waals surface area (Å²) in [5.74, 6) is 1.04. The van der Waals surface area contributed by atoms with Crippen molar-refractivity contribution in [2.75, 3.05) is 25.4 Å². The van der Waals surface area contributed by atoms with Crippen LogP contribution >= 0.6 is 11.8 Å². The Morgan fingerprint density at radius 2 is 2.07 bits per heavy atom. The van der Waals surface area contributed by atoms with Crippen molar-refractivity contribution in [3.8, 4) is 6.07 Å². The van der Waals surface area contributed by atoms with E-state index in [1.807, 2.05) is 17.8 Å². The molecule has 0 heterocycles. The van der Waals surface area contributed by atoms with Gasteiger partial charge in [0.05, 0.1) is 12.6 Å². The first-order valence-corrected chi connectivity index (χ1v) is 6.12. The van der Waals surface area contributed by atoms with Gasteiger partial charge in [-0.05, 0) is 18.7 Å². The molecule has 2 nitrogen and oxygen atoms in total. The van der Waals surface area contributed by atoms with Gasteiger partial charge >= 0.3 is 0 Å². The summed E-state index contributed by atoms with van der Waals surface area (Å²) in [6.07, 6.45) is 0. The summed E-state index contributed by atoms with van der Waals surface area (Å²) >= 11 is 1.84. The molecule has 0 saturated carbocycles. The standard InChI is InChI=1S/C12H16N2S/c1-2-14(9-8-13)10-11-15-12-6-4-3-5-7-12/h3-7H,2,9-11H2,1H3. The van der Waals surface area contributed by atoms with Crippen LogP contribution in [0.1, 0.15) is 6.92 Å². The summed E-state index contributed by atoms with van der Waals surface area (Å²) < 4.78 is 0. The van der Waals surface area contributed by atoms with E-state index in [0.29, 0.717) is 6.54 Å². The van der Waals surface area contributed by atoms with Crippen LogP contribution in [-0.4, -0.2) is 30.3 Å². The number of thioether (sulfide) groups is 1. The van der Waals surface area contributed by atoms with Gasteiger partial charge in [-0.15, -0.1) is 11.8 Å². The van der Waals surface area contributed by atoms with Crippen LogP contribution in [-0.2, 0) is 0 Å². The zero-order chi connectivity index (χ0) is 10.9. The molecule has 0 radical (unpaired) electrons. The van der Waals surface area contributed by atoms with E-state index in [9.17, 15) is 0 Å². The SMILES string of the molecule is CCN(CC#N)CCSc1ccccc1. The zero-order valence-electron chi connectivity index (χ0n) is 9.02. The molecule has 0 unspecified atom stereocenters. The lowest BCUT2D eigenvalue weighted by Gasteiger charge is -2.15. The molecule has 0 atom stereocenters. The molecule has 0 saturated heterocycles. The van der Waals surface area contributed by atoms with Crippen LogP contribution < -0.4 is 0 Å². The summed E-state index contributed by atoms with van der Waals surface area (Å²) in [6, 6.07) is 12.5. The Kier molecular flexibility index (Phi) is 5.91. The summed E-state index contributed by atoms with van der Waals surface area (Å²) in [5, 5.41) is 8.59. The Balaban J connectivity index is 2.24. The second-order valence-electron chi connectivity index (χ2n) is 3.19. The normalized spacial score (nSPS) is 10.2. The Labute approximate surface area is 95.9 Å². The number of benzene rings is 1. The van der Waals surface area contributed by atoms with Gasteiger partial charge in [0.15, 0.2) is 0 Å². The van der Waals surface area contributed by atoms with Gasteiger partial charge in [0.1, 0.15) is 0 Å². The maximum atomic E-state index is 8.59. The zero-order valence-corrected chi connectivity index (χ0v) is 9.83. The molecule has 0 spiro atoms. The molecule has 1 rings (SSSR count). The number of nitrogens with zero attached hydrogens (tertiary/aromatic N) is 2. The van der Waals surface area contributed by atoms with Crippen LogP contribution in [0.25, 0.3) is 0 Å². The molecule has 0 fully saturated rings. The molecule has 15 heavy (non-hydrogen) atoms. The summed E-state index contributed by atoms with van der Waals surface area (Å²) in [4.78, 5) is 3.45. The minimum atomic E-state index is 0.534. The van der Waals surface area contributed by atoms with E-state index in [1.165, 1.54) is 4.90 Å². The Hall–Kier alpha value is -0.980. The maximum absolute atomic E-state index is 8.59. The molecule has 0 aromatic heterocycles. The molecule has 0 aliphatic carbocycles. The fourth-order valence-electron chi connectivity index (χ4n) is 1.26. The van der Waals surface area contributed by atoms with Crippen molar-refractivity contribution in [3.63, 3.8) is 0 Å². The minimum absolute atomic E-state index is 0.534. The van der Waals surface area contributed by atoms with Crippen LogP contribution in [0.15, 0.2) is 35.2 Å². The van der Waals surface area contributed by atoms with E-state index in [4.69, 9.17) is 5.26 Å². The van der Waals surface area contributed by atoms with Crippen molar-refractivity contribution in [1.82, 2.24) is 4.90 Å².